The largest absolute Gasteiger partial charge is 0.345 e. The summed E-state index contributed by atoms with van der Waals surface area (Å²) in [4.78, 5) is 30.6. The van der Waals surface area contributed by atoms with E-state index >= 15 is 0 Å². The first kappa shape index (κ1) is 23.4. The summed E-state index contributed by atoms with van der Waals surface area (Å²) in [5, 5.41) is 3.10. The van der Waals surface area contributed by atoms with Crippen LogP contribution in [0.15, 0.2) is 30.6 Å². The van der Waals surface area contributed by atoms with E-state index in [1.54, 1.807) is 17.6 Å². The van der Waals surface area contributed by atoms with Crippen LogP contribution in [0.25, 0.3) is 0 Å². The van der Waals surface area contributed by atoms with Gasteiger partial charge in [0, 0.05) is 18.0 Å². The quantitative estimate of drug-likeness (QED) is 0.611. The summed E-state index contributed by atoms with van der Waals surface area (Å²) in [7, 11) is 0. The first-order valence-electron chi connectivity index (χ1n) is 9.25. The van der Waals surface area contributed by atoms with E-state index in [1.165, 1.54) is 6.07 Å². The number of benzene rings is 1. The number of hydrogen-bond donors (Lipinski definition) is 3. The molecule has 7 nitrogen and oxygen atoms in total. The van der Waals surface area contributed by atoms with E-state index in [4.69, 9.17) is 11.6 Å². The Hall–Kier alpha value is -2.88. The fourth-order valence-electron chi connectivity index (χ4n) is 2.83. The second-order valence-corrected chi connectivity index (χ2v) is 6.61. The highest BCUT2D eigenvalue weighted by Crippen LogP contribution is 2.45. The molecular weight excluding hydrogens is 423 g/mol. The number of carbonyl (C=O) groups is 2. The van der Waals surface area contributed by atoms with Crippen LogP contribution in [0.2, 0.25) is 5.02 Å². The third kappa shape index (κ3) is 5.18. The van der Waals surface area contributed by atoms with E-state index in [9.17, 15) is 22.8 Å². The third-order valence-corrected chi connectivity index (χ3v) is 4.73. The summed E-state index contributed by atoms with van der Waals surface area (Å²) < 4.78 is 38.6. The molecule has 1 saturated carbocycles. The molecule has 0 spiro atoms. The minimum Gasteiger partial charge on any atom is -0.345 e. The minimum atomic E-state index is -3.26. The Morgan fingerprint density at radius 3 is 2.30 bits per heavy atom. The molecule has 3 N–H and O–H groups in total. The van der Waals surface area contributed by atoms with Gasteiger partial charge in [-0.3, -0.25) is 20.4 Å². The van der Waals surface area contributed by atoms with Crippen molar-refractivity contribution in [3.05, 3.63) is 52.6 Å². The van der Waals surface area contributed by atoms with Gasteiger partial charge in [-0.05, 0) is 25.3 Å². The highest BCUT2D eigenvalue weighted by atomic mass is 35.5. The maximum Gasteiger partial charge on any atom is 0.317 e. The maximum atomic E-state index is 14.4. The second kappa shape index (κ2) is 10.2. The number of hydrazine groups is 1. The van der Waals surface area contributed by atoms with E-state index < -0.39 is 29.6 Å². The van der Waals surface area contributed by atoms with Gasteiger partial charge in [-0.15, -0.1) is 0 Å². The van der Waals surface area contributed by atoms with Gasteiger partial charge in [-0.2, -0.15) is 8.78 Å². The Bertz CT molecular complexity index is 892. The number of amides is 2. The lowest BCUT2D eigenvalue weighted by molar-refractivity contribution is -0.132. The highest BCUT2D eigenvalue weighted by Gasteiger charge is 2.41. The molecule has 0 aliphatic heterocycles. The van der Waals surface area contributed by atoms with E-state index in [2.05, 4.69) is 15.3 Å². The predicted octanol–water partition coefficient (Wildman–Crippen LogP) is 3.81. The molecule has 2 amide bonds. The number of anilines is 1. The first-order chi connectivity index (χ1) is 14.3. The van der Waals surface area contributed by atoms with Gasteiger partial charge >= 0.3 is 12.3 Å². The molecule has 30 heavy (non-hydrogen) atoms. The smallest absolute Gasteiger partial charge is 0.317 e. The summed E-state index contributed by atoms with van der Waals surface area (Å²) in [6, 6.07) is 4.76. The minimum absolute atomic E-state index is 0.0179. The zero-order chi connectivity index (χ0) is 22.3. The SMILES string of the molecule is CC.O=C(NNC(=O)C(F)F)c1cnc(NC2(c3cccc(Cl)c3F)CCC2)nc1. The Labute approximate surface area is 176 Å². The zero-order valence-electron chi connectivity index (χ0n) is 16.3. The van der Waals surface area contributed by atoms with Crippen molar-refractivity contribution in [2.24, 2.45) is 0 Å². The number of hydrogen-bond acceptors (Lipinski definition) is 5. The monoisotopic (exact) mass is 443 g/mol. The van der Waals surface area contributed by atoms with Crippen molar-refractivity contribution in [2.75, 3.05) is 5.32 Å². The molecule has 11 heteroatoms. The topological polar surface area (TPSA) is 96.0 Å². The molecular formula is C19H21ClF3N5O2. The van der Waals surface area contributed by atoms with E-state index in [-0.39, 0.29) is 16.5 Å². The molecule has 0 atom stereocenters. The van der Waals surface area contributed by atoms with Gasteiger partial charge < -0.3 is 5.32 Å². The van der Waals surface area contributed by atoms with Gasteiger partial charge in [0.05, 0.1) is 16.1 Å². The van der Waals surface area contributed by atoms with Crippen LogP contribution in [0, 0.1) is 5.82 Å². The van der Waals surface area contributed by atoms with Gasteiger partial charge in [-0.25, -0.2) is 14.4 Å². The number of carbonyl (C=O) groups excluding carboxylic acids is 2. The van der Waals surface area contributed by atoms with Crippen LogP contribution >= 0.6 is 11.6 Å². The molecule has 1 aromatic carbocycles. The van der Waals surface area contributed by atoms with Crippen LogP contribution in [0.3, 0.4) is 0 Å². The first-order valence-corrected chi connectivity index (χ1v) is 9.63. The van der Waals surface area contributed by atoms with Gasteiger partial charge in [-0.1, -0.05) is 37.6 Å². The van der Waals surface area contributed by atoms with E-state index in [1.807, 2.05) is 19.3 Å². The molecule has 0 radical (unpaired) electrons. The Morgan fingerprint density at radius 2 is 1.77 bits per heavy atom. The molecule has 1 heterocycles. The predicted molar refractivity (Wildman–Crippen MR) is 106 cm³/mol. The van der Waals surface area contributed by atoms with Crippen molar-refractivity contribution in [1.82, 2.24) is 20.8 Å². The molecule has 1 aromatic heterocycles. The lowest BCUT2D eigenvalue weighted by atomic mass is 9.71. The molecule has 0 saturated heterocycles. The Balaban J connectivity index is 0.00000155. The molecule has 0 bridgehead atoms. The maximum absolute atomic E-state index is 14.4. The summed E-state index contributed by atoms with van der Waals surface area (Å²) >= 11 is 5.88. The summed E-state index contributed by atoms with van der Waals surface area (Å²) in [5.41, 5.74) is 3.04. The summed E-state index contributed by atoms with van der Waals surface area (Å²) in [6.07, 6.45) is 1.22. The number of halogens is 4. The summed E-state index contributed by atoms with van der Waals surface area (Å²) in [5.74, 6) is -2.85. The van der Waals surface area contributed by atoms with Crippen molar-refractivity contribution >= 4 is 29.4 Å². The third-order valence-electron chi connectivity index (χ3n) is 4.44. The summed E-state index contributed by atoms with van der Waals surface area (Å²) in [6.45, 7) is 4.00. The molecule has 1 aliphatic rings. The van der Waals surface area contributed by atoms with Crippen molar-refractivity contribution in [2.45, 2.75) is 45.1 Å². The molecule has 3 rings (SSSR count). The van der Waals surface area contributed by atoms with E-state index in [0.29, 0.717) is 18.4 Å². The molecule has 162 valence electrons. The van der Waals surface area contributed by atoms with Crippen molar-refractivity contribution in [3.63, 3.8) is 0 Å². The fraction of sp³-hybridized carbons (Fsp3) is 0.368. The molecule has 1 fully saturated rings. The van der Waals surface area contributed by atoms with Gasteiger partial charge in [0.15, 0.2) is 0 Å². The van der Waals surface area contributed by atoms with Crippen LogP contribution in [0.4, 0.5) is 19.1 Å². The van der Waals surface area contributed by atoms with Gasteiger partial charge in [0.1, 0.15) is 5.82 Å². The lowest BCUT2D eigenvalue weighted by Gasteiger charge is -2.43. The van der Waals surface area contributed by atoms with Crippen molar-refractivity contribution in [3.8, 4) is 0 Å². The zero-order valence-corrected chi connectivity index (χ0v) is 17.1. The average molecular weight is 444 g/mol. The van der Waals surface area contributed by atoms with Gasteiger partial charge in [0.2, 0.25) is 5.95 Å². The number of nitrogens with one attached hydrogen (secondary N) is 3. The van der Waals surface area contributed by atoms with Crippen LogP contribution in [-0.2, 0) is 10.3 Å². The van der Waals surface area contributed by atoms with Crippen LogP contribution in [0.5, 0.6) is 0 Å². The van der Waals surface area contributed by atoms with Crippen LogP contribution in [0.1, 0.15) is 49.0 Å². The number of aromatic nitrogens is 2. The molecule has 0 unspecified atom stereocenters. The number of alkyl halides is 2. The second-order valence-electron chi connectivity index (χ2n) is 6.20. The molecule has 2 aromatic rings. The lowest BCUT2D eigenvalue weighted by Crippen LogP contribution is -2.44. The van der Waals surface area contributed by atoms with Gasteiger partial charge in [0.25, 0.3) is 5.91 Å². The van der Waals surface area contributed by atoms with Crippen molar-refractivity contribution < 1.29 is 22.8 Å². The van der Waals surface area contributed by atoms with Crippen molar-refractivity contribution in [1.29, 1.82) is 0 Å². The number of nitrogens with zero attached hydrogens (tertiary/aromatic N) is 2. The van der Waals surface area contributed by atoms with Crippen LogP contribution in [-0.4, -0.2) is 28.2 Å². The Morgan fingerprint density at radius 1 is 1.13 bits per heavy atom. The average Bonchev–Trinajstić information content (AvgIpc) is 2.72. The fourth-order valence-corrected chi connectivity index (χ4v) is 3.01. The Kier molecular flexibility index (Phi) is 7.99. The highest BCUT2D eigenvalue weighted by molar-refractivity contribution is 6.30. The standard InChI is InChI=1S/C17H15ClF3N5O2.C2H6/c18-11-4-1-3-10(12(11)19)17(5-2-6-17)24-16-22-7-9(8-23-16)14(27)25-26-15(28)13(20)21;1-2/h1,3-4,7-8,13H,2,5-6H2,(H,25,27)(H,26,28)(H,22,23,24);1-2H3. The van der Waals surface area contributed by atoms with Crippen LogP contribution < -0.4 is 16.2 Å². The van der Waals surface area contributed by atoms with E-state index in [0.717, 1.165) is 18.8 Å². The molecule has 1 aliphatic carbocycles. The normalized spacial score (nSPS) is 14.1. The number of rotatable bonds is 5.